The van der Waals surface area contributed by atoms with Crippen molar-refractivity contribution in [3.8, 4) is 5.75 Å². The minimum atomic E-state index is -1.05. The lowest BCUT2D eigenvalue weighted by atomic mass is 9.88. The van der Waals surface area contributed by atoms with E-state index in [2.05, 4.69) is 15.9 Å². The lowest BCUT2D eigenvalue weighted by Gasteiger charge is -2.26. The van der Waals surface area contributed by atoms with Crippen molar-refractivity contribution < 1.29 is 9.84 Å². The highest BCUT2D eigenvalue weighted by Crippen LogP contribution is 2.34. The van der Waals surface area contributed by atoms with E-state index in [-0.39, 0.29) is 6.10 Å². The number of hydrogen-bond donors (Lipinski definition) is 1. The Morgan fingerprint density at radius 3 is 2.20 bits per heavy atom. The third-order valence-electron chi connectivity index (χ3n) is 3.19. The fraction of sp³-hybridized carbons (Fsp3) is 0.294. The monoisotopic (exact) mass is 334 g/mol. The van der Waals surface area contributed by atoms with Gasteiger partial charge in [0.25, 0.3) is 0 Å². The maximum atomic E-state index is 10.8. The number of ether oxygens (including phenoxy) is 1. The second kappa shape index (κ2) is 5.98. The number of halogens is 1. The second-order valence-electron chi connectivity index (χ2n) is 5.24. The van der Waals surface area contributed by atoms with Crippen molar-refractivity contribution >= 4 is 15.9 Å². The summed E-state index contributed by atoms with van der Waals surface area (Å²) in [6, 6.07) is 15.3. The Morgan fingerprint density at radius 2 is 1.65 bits per heavy atom. The summed E-state index contributed by atoms with van der Waals surface area (Å²) in [5.74, 6) is 0.812. The maximum absolute atomic E-state index is 10.8. The fourth-order valence-electron chi connectivity index (χ4n) is 2.14. The van der Waals surface area contributed by atoms with Crippen molar-refractivity contribution in [2.75, 3.05) is 0 Å². The summed E-state index contributed by atoms with van der Waals surface area (Å²) >= 11 is 3.49. The summed E-state index contributed by atoms with van der Waals surface area (Å²) in [6.07, 6.45) is 0.143. The molecule has 0 spiro atoms. The average Bonchev–Trinajstić information content (AvgIpc) is 2.39. The maximum Gasteiger partial charge on any atom is 0.119 e. The summed E-state index contributed by atoms with van der Waals surface area (Å²) < 4.78 is 6.52. The van der Waals surface area contributed by atoms with Gasteiger partial charge in [-0.25, -0.2) is 0 Å². The van der Waals surface area contributed by atoms with Crippen LogP contribution in [-0.2, 0) is 5.60 Å². The molecular weight excluding hydrogens is 316 g/mol. The highest BCUT2D eigenvalue weighted by atomic mass is 79.9. The van der Waals surface area contributed by atoms with Crippen molar-refractivity contribution in [1.82, 2.24) is 0 Å². The van der Waals surface area contributed by atoms with Gasteiger partial charge in [-0.1, -0.05) is 46.3 Å². The molecule has 20 heavy (non-hydrogen) atoms. The van der Waals surface area contributed by atoms with E-state index in [4.69, 9.17) is 4.74 Å². The molecule has 0 saturated carbocycles. The first kappa shape index (κ1) is 15.1. The Kier molecular flexibility index (Phi) is 4.51. The molecule has 0 aliphatic rings. The lowest BCUT2D eigenvalue weighted by molar-refractivity contribution is 0.101. The van der Waals surface area contributed by atoms with Gasteiger partial charge >= 0.3 is 0 Å². The van der Waals surface area contributed by atoms with E-state index >= 15 is 0 Å². The van der Waals surface area contributed by atoms with Crippen LogP contribution in [0, 0.1) is 0 Å². The molecule has 0 fully saturated rings. The summed E-state index contributed by atoms with van der Waals surface area (Å²) in [5.41, 5.74) is 0.634. The quantitative estimate of drug-likeness (QED) is 0.892. The van der Waals surface area contributed by atoms with Gasteiger partial charge in [0.1, 0.15) is 11.4 Å². The van der Waals surface area contributed by atoms with Gasteiger partial charge in [0.15, 0.2) is 0 Å². The molecule has 0 heterocycles. The Labute approximate surface area is 128 Å². The number of rotatable bonds is 4. The Balaban J connectivity index is 2.32. The lowest BCUT2D eigenvalue weighted by Crippen LogP contribution is -2.23. The molecule has 0 amide bonds. The summed E-state index contributed by atoms with van der Waals surface area (Å²) in [6.45, 7) is 5.78. The van der Waals surface area contributed by atoms with E-state index in [1.165, 1.54) is 0 Å². The molecule has 0 saturated heterocycles. The zero-order valence-corrected chi connectivity index (χ0v) is 13.5. The van der Waals surface area contributed by atoms with Crippen molar-refractivity contribution in [2.24, 2.45) is 0 Å². The largest absolute Gasteiger partial charge is 0.491 e. The SMILES string of the molecule is CC(C)Oc1ccc(C(C)(O)c2ccccc2Br)cc1. The van der Waals surface area contributed by atoms with Crippen LogP contribution in [0.25, 0.3) is 0 Å². The zero-order valence-electron chi connectivity index (χ0n) is 11.9. The van der Waals surface area contributed by atoms with E-state index in [9.17, 15) is 5.11 Å². The first-order valence-corrected chi connectivity index (χ1v) is 7.45. The highest BCUT2D eigenvalue weighted by molar-refractivity contribution is 9.10. The third-order valence-corrected chi connectivity index (χ3v) is 3.88. The smallest absolute Gasteiger partial charge is 0.119 e. The van der Waals surface area contributed by atoms with Gasteiger partial charge in [0.2, 0.25) is 0 Å². The third kappa shape index (κ3) is 3.22. The van der Waals surface area contributed by atoms with Gasteiger partial charge in [-0.3, -0.25) is 0 Å². The molecule has 2 aromatic carbocycles. The topological polar surface area (TPSA) is 29.5 Å². The van der Waals surface area contributed by atoms with E-state index in [0.717, 1.165) is 21.3 Å². The molecule has 0 aliphatic heterocycles. The highest BCUT2D eigenvalue weighted by Gasteiger charge is 2.27. The predicted octanol–water partition coefficient (Wildman–Crippen LogP) is 4.49. The van der Waals surface area contributed by atoms with Gasteiger partial charge in [0, 0.05) is 10.0 Å². The Morgan fingerprint density at radius 1 is 1.05 bits per heavy atom. The number of aliphatic hydroxyl groups is 1. The van der Waals surface area contributed by atoms with Crippen molar-refractivity contribution in [1.29, 1.82) is 0 Å². The molecule has 1 atom stereocenters. The van der Waals surface area contributed by atoms with E-state index < -0.39 is 5.60 Å². The summed E-state index contributed by atoms with van der Waals surface area (Å²) in [5, 5.41) is 10.8. The van der Waals surface area contributed by atoms with Gasteiger partial charge in [-0.15, -0.1) is 0 Å². The molecule has 0 radical (unpaired) electrons. The molecule has 1 unspecified atom stereocenters. The fourth-order valence-corrected chi connectivity index (χ4v) is 2.81. The summed E-state index contributed by atoms with van der Waals surface area (Å²) in [7, 11) is 0. The first-order valence-electron chi connectivity index (χ1n) is 6.66. The number of hydrogen-bond acceptors (Lipinski definition) is 2. The van der Waals surface area contributed by atoms with E-state index in [1.807, 2.05) is 62.4 Å². The molecular formula is C17H19BrO2. The van der Waals surface area contributed by atoms with Crippen LogP contribution < -0.4 is 4.74 Å². The van der Waals surface area contributed by atoms with Crippen LogP contribution in [0.4, 0.5) is 0 Å². The van der Waals surface area contributed by atoms with Crippen molar-refractivity contribution in [3.05, 3.63) is 64.1 Å². The standard InChI is InChI=1S/C17H19BrO2/c1-12(2)20-14-10-8-13(9-11-14)17(3,19)15-6-4-5-7-16(15)18/h4-12,19H,1-3H3. The average molecular weight is 335 g/mol. The van der Waals surface area contributed by atoms with Crippen LogP contribution in [0.1, 0.15) is 31.9 Å². The summed E-state index contributed by atoms with van der Waals surface area (Å²) in [4.78, 5) is 0. The van der Waals surface area contributed by atoms with Crippen molar-refractivity contribution in [2.45, 2.75) is 32.5 Å². The van der Waals surface area contributed by atoms with Crippen LogP contribution in [0.3, 0.4) is 0 Å². The molecule has 2 rings (SSSR count). The predicted molar refractivity (Wildman–Crippen MR) is 85.0 cm³/mol. The van der Waals surface area contributed by atoms with Crippen LogP contribution in [0.15, 0.2) is 53.0 Å². The van der Waals surface area contributed by atoms with Crippen LogP contribution >= 0.6 is 15.9 Å². The Bertz CT molecular complexity index is 574. The van der Waals surface area contributed by atoms with Gasteiger partial charge in [0.05, 0.1) is 6.10 Å². The molecule has 106 valence electrons. The van der Waals surface area contributed by atoms with Gasteiger partial charge < -0.3 is 9.84 Å². The molecule has 3 heteroatoms. The molecule has 2 aromatic rings. The second-order valence-corrected chi connectivity index (χ2v) is 6.10. The molecule has 0 aromatic heterocycles. The van der Waals surface area contributed by atoms with E-state index in [1.54, 1.807) is 6.92 Å². The van der Waals surface area contributed by atoms with Gasteiger partial charge in [-0.2, -0.15) is 0 Å². The number of benzene rings is 2. The molecule has 1 N–H and O–H groups in total. The van der Waals surface area contributed by atoms with Gasteiger partial charge in [-0.05, 0) is 44.5 Å². The minimum Gasteiger partial charge on any atom is -0.491 e. The van der Waals surface area contributed by atoms with Crippen molar-refractivity contribution in [3.63, 3.8) is 0 Å². The molecule has 0 aliphatic carbocycles. The van der Waals surface area contributed by atoms with E-state index in [0.29, 0.717) is 0 Å². The molecule has 2 nitrogen and oxygen atoms in total. The molecule has 0 bridgehead atoms. The van der Waals surface area contributed by atoms with Crippen LogP contribution in [0.2, 0.25) is 0 Å². The normalized spacial score (nSPS) is 14.1. The Hall–Kier alpha value is -1.32. The minimum absolute atomic E-state index is 0.143. The zero-order chi connectivity index (χ0) is 14.8. The first-order chi connectivity index (χ1) is 9.41. The van der Waals surface area contributed by atoms with Crippen LogP contribution in [-0.4, -0.2) is 11.2 Å². The van der Waals surface area contributed by atoms with Crippen LogP contribution in [0.5, 0.6) is 5.75 Å².